The average Bonchev–Trinajstić information content (AvgIpc) is 2.89. The van der Waals surface area contributed by atoms with Gasteiger partial charge in [0.2, 0.25) is 5.91 Å². The maximum Gasteiger partial charge on any atom is 0.220 e. The number of hydrogen-bond donors (Lipinski definition) is 3. The standard InChI is InChI=1S/C27H34ClN7O/c1-19-8-6-11-22(31-19)26-32-20(2)25(28)27(34-26)30-18-23(21-9-4-3-5-10-21)33-24(36)12-7-15-35-16-13-29-14-17-35/h3-6,8-11,23,29H,7,12-18H2,1-2H3,(H,33,36)(H,30,32,34)/t23-/m0/s1. The second-order valence-electron chi connectivity index (χ2n) is 9.07. The van der Waals surface area contributed by atoms with Gasteiger partial charge in [-0.05, 0) is 44.5 Å². The molecule has 2 aromatic heterocycles. The van der Waals surface area contributed by atoms with Crippen LogP contribution in [0.5, 0.6) is 0 Å². The Morgan fingerprint density at radius 2 is 1.83 bits per heavy atom. The number of nitrogens with one attached hydrogen (secondary N) is 3. The van der Waals surface area contributed by atoms with E-state index in [-0.39, 0.29) is 11.9 Å². The van der Waals surface area contributed by atoms with Crippen LogP contribution in [-0.2, 0) is 4.79 Å². The van der Waals surface area contributed by atoms with E-state index in [2.05, 4.69) is 35.8 Å². The number of anilines is 1. The van der Waals surface area contributed by atoms with Crippen LogP contribution in [0.15, 0.2) is 48.5 Å². The third kappa shape index (κ3) is 7.22. The molecule has 0 aliphatic carbocycles. The maximum atomic E-state index is 12.8. The molecule has 1 aromatic carbocycles. The van der Waals surface area contributed by atoms with E-state index in [9.17, 15) is 4.79 Å². The lowest BCUT2D eigenvalue weighted by atomic mass is 10.1. The van der Waals surface area contributed by atoms with Crippen LogP contribution in [0, 0.1) is 13.8 Å². The minimum absolute atomic E-state index is 0.0374. The third-order valence-electron chi connectivity index (χ3n) is 6.23. The van der Waals surface area contributed by atoms with Gasteiger partial charge in [-0.3, -0.25) is 4.79 Å². The van der Waals surface area contributed by atoms with E-state index in [0.717, 1.165) is 50.4 Å². The molecule has 4 rings (SSSR count). The summed E-state index contributed by atoms with van der Waals surface area (Å²) in [7, 11) is 0. The average molecular weight is 508 g/mol. The summed E-state index contributed by atoms with van der Waals surface area (Å²) in [6, 6.07) is 15.5. The zero-order valence-electron chi connectivity index (χ0n) is 20.9. The Kier molecular flexibility index (Phi) is 9.22. The van der Waals surface area contributed by atoms with Gasteiger partial charge in [0.05, 0.1) is 11.7 Å². The van der Waals surface area contributed by atoms with E-state index >= 15 is 0 Å². The van der Waals surface area contributed by atoms with E-state index in [1.807, 2.05) is 62.4 Å². The lowest BCUT2D eigenvalue weighted by molar-refractivity contribution is -0.121. The van der Waals surface area contributed by atoms with Crippen molar-refractivity contribution in [2.24, 2.45) is 0 Å². The third-order valence-corrected chi connectivity index (χ3v) is 6.69. The van der Waals surface area contributed by atoms with Gasteiger partial charge in [0, 0.05) is 44.8 Å². The molecule has 9 heteroatoms. The van der Waals surface area contributed by atoms with Crippen molar-refractivity contribution in [1.82, 2.24) is 30.5 Å². The van der Waals surface area contributed by atoms with Gasteiger partial charge in [-0.2, -0.15) is 0 Å². The number of amides is 1. The molecule has 3 N–H and O–H groups in total. The van der Waals surface area contributed by atoms with Gasteiger partial charge in [-0.25, -0.2) is 15.0 Å². The number of nitrogens with zero attached hydrogens (tertiary/aromatic N) is 4. The molecule has 0 unspecified atom stereocenters. The van der Waals surface area contributed by atoms with Crippen molar-refractivity contribution in [2.45, 2.75) is 32.7 Å². The minimum atomic E-state index is -0.232. The van der Waals surface area contributed by atoms with Crippen LogP contribution in [0.4, 0.5) is 5.82 Å². The molecular formula is C27H34ClN7O. The Morgan fingerprint density at radius 1 is 1.06 bits per heavy atom. The van der Waals surface area contributed by atoms with E-state index in [1.165, 1.54) is 0 Å². The number of aromatic nitrogens is 3. The smallest absolute Gasteiger partial charge is 0.220 e. The number of halogens is 1. The van der Waals surface area contributed by atoms with Crippen molar-refractivity contribution in [1.29, 1.82) is 0 Å². The number of carbonyl (C=O) groups is 1. The number of rotatable bonds is 10. The monoisotopic (exact) mass is 507 g/mol. The molecule has 0 radical (unpaired) electrons. The molecule has 190 valence electrons. The highest BCUT2D eigenvalue weighted by Gasteiger charge is 2.18. The number of carbonyl (C=O) groups excluding carboxylic acids is 1. The molecule has 3 aromatic rings. The summed E-state index contributed by atoms with van der Waals surface area (Å²) in [5.41, 5.74) is 3.26. The zero-order chi connectivity index (χ0) is 25.3. The summed E-state index contributed by atoms with van der Waals surface area (Å²) >= 11 is 6.56. The molecule has 1 fully saturated rings. The van der Waals surface area contributed by atoms with E-state index < -0.39 is 0 Å². The first kappa shape index (κ1) is 26.0. The minimum Gasteiger partial charge on any atom is -0.366 e. The van der Waals surface area contributed by atoms with Gasteiger partial charge in [-0.1, -0.05) is 48.0 Å². The van der Waals surface area contributed by atoms with Crippen LogP contribution in [0.1, 0.15) is 35.8 Å². The Morgan fingerprint density at radius 3 is 2.58 bits per heavy atom. The van der Waals surface area contributed by atoms with Gasteiger partial charge in [0.1, 0.15) is 16.5 Å². The molecule has 36 heavy (non-hydrogen) atoms. The van der Waals surface area contributed by atoms with Crippen molar-refractivity contribution < 1.29 is 4.79 Å². The molecule has 3 heterocycles. The Hall–Kier alpha value is -3.07. The van der Waals surface area contributed by atoms with Crippen molar-refractivity contribution in [3.05, 3.63) is 70.5 Å². The van der Waals surface area contributed by atoms with Crippen LogP contribution in [0.25, 0.3) is 11.5 Å². The highest BCUT2D eigenvalue weighted by atomic mass is 35.5. The SMILES string of the molecule is Cc1cccc(-c2nc(C)c(Cl)c(NC[C@H](NC(=O)CCCN3CCNCC3)c3ccccc3)n2)n1. The molecular weight excluding hydrogens is 474 g/mol. The first-order chi connectivity index (χ1) is 17.5. The summed E-state index contributed by atoms with van der Waals surface area (Å²) < 4.78 is 0. The van der Waals surface area contributed by atoms with Crippen molar-refractivity contribution >= 4 is 23.3 Å². The second kappa shape index (κ2) is 12.8. The van der Waals surface area contributed by atoms with Crippen LogP contribution >= 0.6 is 11.6 Å². The molecule has 0 bridgehead atoms. The van der Waals surface area contributed by atoms with Gasteiger partial charge in [-0.15, -0.1) is 0 Å². The number of hydrogen-bond acceptors (Lipinski definition) is 7. The fraction of sp³-hybridized carbons (Fsp3) is 0.407. The normalized spacial score (nSPS) is 14.9. The predicted octanol–water partition coefficient (Wildman–Crippen LogP) is 3.76. The number of benzene rings is 1. The number of aryl methyl sites for hydroxylation is 2. The number of piperazine rings is 1. The zero-order valence-corrected chi connectivity index (χ0v) is 21.7. The first-order valence-electron chi connectivity index (χ1n) is 12.5. The summed E-state index contributed by atoms with van der Waals surface area (Å²) in [6.07, 6.45) is 1.33. The van der Waals surface area contributed by atoms with Crippen molar-refractivity contribution in [3.63, 3.8) is 0 Å². The van der Waals surface area contributed by atoms with Crippen LogP contribution in [0.2, 0.25) is 5.02 Å². The largest absolute Gasteiger partial charge is 0.366 e. The molecule has 1 aliphatic heterocycles. The Labute approximate surface area is 217 Å². The van der Waals surface area contributed by atoms with Crippen LogP contribution in [0.3, 0.4) is 0 Å². The van der Waals surface area contributed by atoms with Gasteiger partial charge >= 0.3 is 0 Å². The van der Waals surface area contributed by atoms with Gasteiger partial charge in [0.15, 0.2) is 5.82 Å². The van der Waals surface area contributed by atoms with Crippen LogP contribution in [-0.4, -0.2) is 65.0 Å². The van der Waals surface area contributed by atoms with E-state index in [0.29, 0.717) is 41.0 Å². The molecule has 1 atom stereocenters. The molecule has 0 saturated carbocycles. The summed E-state index contributed by atoms with van der Waals surface area (Å²) in [4.78, 5) is 29.0. The fourth-order valence-electron chi connectivity index (χ4n) is 4.26. The highest BCUT2D eigenvalue weighted by Crippen LogP contribution is 2.26. The summed E-state index contributed by atoms with van der Waals surface area (Å²) in [5.74, 6) is 1.07. The lowest BCUT2D eigenvalue weighted by Gasteiger charge is -2.27. The quantitative estimate of drug-likeness (QED) is 0.384. The lowest BCUT2D eigenvalue weighted by Crippen LogP contribution is -2.44. The molecule has 1 amide bonds. The maximum absolute atomic E-state index is 12.8. The van der Waals surface area contributed by atoms with Crippen molar-refractivity contribution in [2.75, 3.05) is 44.6 Å². The predicted molar refractivity (Wildman–Crippen MR) is 144 cm³/mol. The van der Waals surface area contributed by atoms with Gasteiger partial charge in [0.25, 0.3) is 0 Å². The molecule has 8 nitrogen and oxygen atoms in total. The van der Waals surface area contributed by atoms with Crippen LogP contribution < -0.4 is 16.0 Å². The van der Waals surface area contributed by atoms with E-state index in [4.69, 9.17) is 11.6 Å². The molecule has 1 aliphatic rings. The molecule has 0 spiro atoms. The number of pyridine rings is 1. The van der Waals surface area contributed by atoms with E-state index in [1.54, 1.807) is 0 Å². The summed E-state index contributed by atoms with van der Waals surface area (Å²) in [5, 5.41) is 10.4. The van der Waals surface area contributed by atoms with Gasteiger partial charge < -0.3 is 20.9 Å². The highest BCUT2D eigenvalue weighted by molar-refractivity contribution is 6.33. The Bertz CT molecular complexity index is 1150. The Balaban J connectivity index is 1.43. The molecule has 1 saturated heterocycles. The van der Waals surface area contributed by atoms with Crippen molar-refractivity contribution in [3.8, 4) is 11.5 Å². The second-order valence-corrected chi connectivity index (χ2v) is 9.44. The summed E-state index contributed by atoms with van der Waals surface area (Å²) in [6.45, 7) is 9.26. The first-order valence-corrected chi connectivity index (χ1v) is 12.9. The topological polar surface area (TPSA) is 95.1 Å². The fourth-order valence-corrected chi connectivity index (χ4v) is 4.41.